The lowest BCUT2D eigenvalue weighted by molar-refractivity contribution is 0.621. The van der Waals surface area contributed by atoms with Crippen molar-refractivity contribution in [2.45, 2.75) is 17.7 Å². The first-order valence-electron chi connectivity index (χ1n) is 5.58. The molecule has 1 aromatic heterocycles. The number of nitrogens with zero attached hydrogens (tertiary/aromatic N) is 1. The number of halogens is 3. The summed E-state index contributed by atoms with van der Waals surface area (Å²) in [6.45, 7) is 2.10. The van der Waals surface area contributed by atoms with E-state index < -0.39 is 0 Å². The fraction of sp³-hybridized carbons (Fsp3) is 0.214. The molecular formula is C14H12Br2FN. The van der Waals surface area contributed by atoms with Gasteiger partial charge in [-0.3, -0.25) is 4.98 Å². The van der Waals surface area contributed by atoms with Gasteiger partial charge in [-0.25, -0.2) is 4.39 Å². The second-order valence-corrected chi connectivity index (χ2v) is 6.08. The zero-order valence-corrected chi connectivity index (χ0v) is 12.9. The predicted octanol–water partition coefficient (Wildman–Crippen LogP) is 5.22. The summed E-state index contributed by atoms with van der Waals surface area (Å²) >= 11 is 6.96. The highest BCUT2D eigenvalue weighted by Gasteiger charge is 2.18. The Morgan fingerprint density at radius 3 is 2.39 bits per heavy atom. The molecule has 1 heterocycles. The molecule has 0 aliphatic carbocycles. The molecule has 18 heavy (non-hydrogen) atoms. The molecule has 0 saturated heterocycles. The minimum absolute atomic E-state index is 0.0619. The van der Waals surface area contributed by atoms with Crippen molar-refractivity contribution in [1.82, 2.24) is 4.98 Å². The summed E-state index contributed by atoms with van der Waals surface area (Å²) in [4.78, 5) is 4.07. The van der Waals surface area contributed by atoms with E-state index in [0.717, 1.165) is 10.0 Å². The monoisotopic (exact) mass is 371 g/mol. The predicted molar refractivity (Wildman–Crippen MR) is 78.4 cm³/mol. The fourth-order valence-corrected chi connectivity index (χ4v) is 2.91. The Labute approximate surface area is 123 Å². The Morgan fingerprint density at radius 2 is 1.78 bits per heavy atom. The van der Waals surface area contributed by atoms with Crippen molar-refractivity contribution in [2.24, 2.45) is 0 Å². The molecule has 2 atom stereocenters. The molecule has 0 spiro atoms. The molecule has 0 N–H and O–H groups in total. The first-order valence-corrected chi connectivity index (χ1v) is 7.29. The first kappa shape index (κ1) is 13.7. The molecule has 2 unspecified atom stereocenters. The van der Waals surface area contributed by atoms with Gasteiger partial charge in [0.05, 0.1) is 0 Å². The number of rotatable bonds is 3. The molecule has 0 aliphatic rings. The third kappa shape index (κ3) is 3.18. The Hall–Kier alpha value is -0.740. The molecule has 0 saturated carbocycles. The molecular weight excluding hydrogens is 361 g/mol. The van der Waals surface area contributed by atoms with Gasteiger partial charge in [0.25, 0.3) is 0 Å². The standard InChI is InChI=1S/C14H12Br2FN/c1-9(10-2-4-18-5-3-10)14(16)11-6-12(15)8-13(17)7-11/h2-9,14H,1H3. The fourth-order valence-electron chi connectivity index (χ4n) is 1.86. The molecule has 0 radical (unpaired) electrons. The Morgan fingerprint density at radius 1 is 1.11 bits per heavy atom. The van der Waals surface area contributed by atoms with Gasteiger partial charge in [0.15, 0.2) is 0 Å². The number of alkyl halides is 1. The SMILES string of the molecule is CC(c1ccncc1)C(Br)c1cc(F)cc(Br)c1. The second-order valence-electron chi connectivity index (χ2n) is 4.17. The van der Waals surface area contributed by atoms with Crippen molar-refractivity contribution >= 4 is 31.9 Å². The highest BCUT2D eigenvalue weighted by molar-refractivity contribution is 9.10. The molecule has 2 aromatic rings. The van der Waals surface area contributed by atoms with E-state index in [1.165, 1.54) is 11.6 Å². The summed E-state index contributed by atoms with van der Waals surface area (Å²) in [7, 11) is 0. The molecule has 1 aromatic carbocycles. The molecule has 0 bridgehead atoms. The van der Waals surface area contributed by atoms with Crippen molar-refractivity contribution in [2.75, 3.05) is 0 Å². The molecule has 2 rings (SSSR count). The van der Waals surface area contributed by atoms with Gasteiger partial charge < -0.3 is 0 Å². The summed E-state index contributed by atoms with van der Waals surface area (Å²) in [5, 5.41) is 0. The van der Waals surface area contributed by atoms with Gasteiger partial charge in [-0.05, 0) is 47.4 Å². The van der Waals surface area contributed by atoms with Crippen LogP contribution in [0.4, 0.5) is 4.39 Å². The van der Waals surface area contributed by atoms with Crippen LogP contribution in [0.25, 0.3) is 0 Å². The lowest BCUT2D eigenvalue weighted by Gasteiger charge is -2.19. The molecule has 0 amide bonds. The zero-order valence-electron chi connectivity index (χ0n) is 9.78. The molecule has 1 nitrogen and oxygen atoms in total. The summed E-state index contributed by atoms with van der Waals surface area (Å²) in [6, 6.07) is 8.91. The van der Waals surface area contributed by atoms with Crippen LogP contribution in [0.5, 0.6) is 0 Å². The number of benzene rings is 1. The van der Waals surface area contributed by atoms with Crippen molar-refractivity contribution in [3.63, 3.8) is 0 Å². The zero-order chi connectivity index (χ0) is 13.1. The first-order chi connectivity index (χ1) is 8.58. The van der Waals surface area contributed by atoms with Gasteiger partial charge >= 0.3 is 0 Å². The quantitative estimate of drug-likeness (QED) is 0.673. The topological polar surface area (TPSA) is 12.9 Å². The maximum absolute atomic E-state index is 13.4. The average molecular weight is 373 g/mol. The Bertz CT molecular complexity index is 510. The van der Waals surface area contributed by atoms with Crippen LogP contribution in [-0.4, -0.2) is 4.98 Å². The summed E-state index contributed by atoms with van der Waals surface area (Å²) in [6.07, 6.45) is 3.54. The van der Waals surface area contributed by atoms with E-state index in [2.05, 4.69) is 43.8 Å². The van der Waals surface area contributed by atoms with Crippen LogP contribution in [0.3, 0.4) is 0 Å². The van der Waals surface area contributed by atoms with Crippen LogP contribution in [0.1, 0.15) is 28.8 Å². The highest BCUT2D eigenvalue weighted by atomic mass is 79.9. The minimum Gasteiger partial charge on any atom is -0.265 e. The minimum atomic E-state index is -0.231. The number of aromatic nitrogens is 1. The van der Waals surface area contributed by atoms with Crippen LogP contribution in [0.15, 0.2) is 47.2 Å². The average Bonchev–Trinajstić information content (AvgIpc) is 2.37. The number of hydrogen-bond acceptors (Lipinski definition) is 1. The third-order valence-corrected chi connectivity index (χ3v) is 4.65. The molecule has 0 aliphatic heterocycles. The van der Waals surface area contributed by atoms with Gasteiger partial charge in [-0.15, -0.1) is 0 Å². The Kier molecular flexibility index (Phi) is 4.51. The van der Waals surface area contributed by atoms with Gasteiger partial charge in [0.2, 0.25) is 0 Å². The molecule has 94 valence electrons. The van der Waals surface area contributed by atoms with Crippen LogP contribution in [-0.2, 0) is 0 Å². The largest absolute Gasteiger partial charge is 0.265 e. The molecule has 4 heteroatoms. The maximum atomic E-state index is 13.4. The summed E-state index contributed by atoms with van der Waals surface area (Å²) < 4.78 is 14.1. The van der Waals surface area contributed by atoms with Gasteiger partial charge in [0, 0.05) is 21.7 Å². The van der Waals surface area contributed by atoms with Gasteiger partial charge in [0.1, 0.15) is 5.82 Å². The molecule has 0 fully saturated rings. The van der Waals surface area contributed by atoms with Crippen molar-refractivity contribution in [1.29, 1.82) is 0 Å². The normalized spacial score (nSPS) is 14.2. The lowest BCUT2D eigenvalue weighted by atomic mass is 9.94. The third-order valence-electron chi connectivity index (χ3n) is 2.87. The number of hydrogen-bond donors (Lipinski definition) is 0. The van der Waals surface area contributed by atoms with E-state index in [0.29, 0.717) is 0 Å². The summed E-state index contributed by atoms with van der Waals surface area (Å²) in [5.74, 6) is 0.00690. The van der Waals surface area contributed by atoms with Gasteiger partial charge in [-0.1, -0.05) is 38.8 Å². The van der Waals surface area contributed by atoms with Crippen LogP contribution in [0.2, 0.25) is 0 Å². The number of pyridine rings is 1. The van der Waals surface area contributed by atoms with Crippen LogP contribution in [0, 0.1) is 5.82 Å². The highest BCUT2D eigenvalue weighted by Crippen LogP contribution is 2.38. The van der Waals surface area contributed by atoms with Crippen LogP contribution >= 0.6 is 31.9 Å². The lowest BCUT2D eigenvalue weighted by Crippen LogP contribution is -2.02. The second kappa shape index (κ2) is 5.93. The van der Waals surface area contributed by atoms with Gasteiger partial charge in [-0.2, -0.15) is 0 Å². The van der Waals surface area contributed by atoms with E-state index in [1.54, 1.807) is 18.5 Å². The van der Waals surface area contributed by atoms with Crippen molar-refractivity contribution in [3.8, 4) is 0 Å². The van der Waals surface area contributed by atoms with E-state index >= 15 is 0 Å². The van der Waals surface area contributed by atoms with E-state index in [9.17, 15) is 4.39 Å². The van der Waals surface area contributed by atoms with Crippen LogP contribution < -0.4 is 0 Å². The van der Waals surface area contributed by atoms with E-state index in [1.807, 2.05) is 18.2 Å². The maximum Gasteiger partial charge on any atom is 0.124 e. The van der Waals surface area contributed by atoms with Crippen molar-refractivity contribution < 1.29 is 4.39 Å². The Balaban J connectivity index is 2.28. The van der Waals surface area contributed by atoms with E-state index in [4.69, 9.17) is 0 Å². The van der Waals surface area contributed by atoms with E-state index in [-0.39, 0.29) is 16.6 Å². The summed E-state index contributed by atoms with van der Waals surface area (Å²) in [5.41, 5.74) is 2.10. The van der Waals surface area contributed by atoms with Crippen molar-refractivity contribution in [3.05, 3.63) is 64.1 Å². The smallest absolute Gasteiger partial charge is 0.124 e.